The van der Waals surface area contributed by atoms with E-state index in [0.717, 1.165) is 57.2 Å². The fourth-order valence-electron chi connectivity index (χ4n) is 11.2. The summed E-state index contributed by atoms with van der Waals surface area (Å²) in [7, 11) is -0.810. The third kappa shape index (κ3) is 7.26. The fourth-order valence-corrected chi connectivity index (χ4v) is 15.2. The highest BCUT2D eigenvalue weighted by molar-refractivity contribution is 6.91. The Labute approximate surface area is 380 Å². The summed E-state index contributed by atoms with van der Waals surface area (Å²) in [4.78, 5) is 48.5. The zero-order chi connectivity index (χ0) is 45.0. The maximum absolute atomic E-state index is 15.8. The monoisotopic (exact) mass is 886 g/mol. The van der Waals surface area contributed by atoms with Crippen LogP contribution in [0.25, 0.3) is 0 Å². The summed E-state index contributed by atoms with van der Waals surface area (Å²) in [6.07, 6.45) is 4.73. The number of aliphatic hydroxyl groups is 1. The predicted octanol–water partition coefficient (Wildman–Crippen LogP) is 7.90. The van der Waals surface area contributed by atoms with Gasteiger partial charge in [-0.15, -0.1) is 5.10 Å². The molecule has 10 rings (SSSR count). The molecule has 1 fully saturated rings. The molecule has 5 heterocycles. The standard InChI is InChI=1S/C52H54N6O6Si/c1-34-50(65(3,4)42-22-20-41(63-2)21-23-42)47(27-29-55-33-38(28-30-59)53-54-55)64-52(34)43-31-40(58-45-12-8-6-10-37(45)16-26-49(58)61)19-24-46(43)56(51(52)62)32-35-13-17-39(18-14-35)57-44-11-7-5-9-36(44)15-25-48(57)60/h5-14,17-24,31,33-34,47,50,59H,15-16,25-30,32H2,1-4H3/t34-,47+,50-,52+/m0/s1. The second-order valence-electron chi connectivity index (χ2n) is 18.4. The Hall–Kier alpha value is -6.41. The van der Waals surface area contributed by atoms with Gasteiger partial charge >= 0.3 is 0 Å². The molecule has 4 atom stereocenters. The van der Waals surface area contributed by atoms with Crippen LogP contribution in [0.1, 0.15) is 54.1 Å². The van der Waals surface area contributed by atoms with Gasteiger partial charge in [0.1, 0.15) is 5.75 Å². The van der Waals surface area contributed by atoms with E-state index in [4.69, 9.17) is 9.47 Å². The summed E-state index contributed by atoms with van der Waals surface area (Å²) in [5, 5.41) is 19.5. The van der Waals surface area contributed by atoms with Gasteiger partial charge < -0.3 is 19.5 Å². The largest absolute Gasteiger partial charge is 0.497 e. The number of methoxy groups -OCH3 is 1. The summed E-state index contributed by atoms with van der Waals surface area (Å²) in [5.41, 5.74) is 7.21. The van der Waals surface area contributed by atoms with Gasteiger partial charge in [-0.3, -0.25) is 28.9 Å². The van der Waals surface area contributed by atoms with Crippen LogP contribution in [0.5, 0.6) is 5.75 Å². The minimum absolute atomic E-state index is 0.00590. The van der Waals surface area contributed by atoms with Gasteiger partial charge in [0.15, 0.2) is 5.60 Å². The van der Waals surface area contributed by atoms with Crippen molar-refractivity contribution >= 4 is 59.4 Å². The molecular weight excluding hydrogens is 833 g/mol. The van der Waals surface area contributed by atoms with Crippen LogP contribution < -0.4 is 24.6 Å². The number of nitrogens with zero attached hydrogens (tertiary/aromatic N) is 6. The number of fused-ring (bicyclic) bond motifs is 4. The number of para-hydroxylation sites is 2. The molecule has 0 aliphatic carbocycles. The van der Waals surface area contributed by atoms with E-state index < -0.39 is 13.7 Å². The zero-order valence-electron chi connectivity index (χ0n) is 37.3. The van der Waals surface area contributed by atoms with Crippen LogP contribution in [0.15, 0.2) is 121 Å². The minimum atomic E-state index is -2.48. The number of rotatable bonds is 12. The number of anilines is 5. The highest BCUT2D eigenvalue weighted by atomic mass is 28.3. The molecule has 0 bridgehead atoms. The molecule has 4 aliphatic rings. The second-order valence-corrected chi connectivity index (χ2v) is 23.1. The molecule has 4 aliphatic heterocycles. The topological polar surface area (TPSA) is 130 Å². The van der Waals surface area contributed by atoms with Gasteiger partial charge in [-0.2, -0.15) is 0 Å². The highest BCUT2D eigenvalue weighted by Crippen LogP contribution is 2.61. The van der Waals surface area contributed by atoms with Crippen LogP contribution in [-0.4, -0.2) is 65.7 Å². The van der Waals surface area contributed by atoms with Gasteiger partial charge in [0.05, 0.1) is 50.6 Å². The van der Waals surface area contributed by atoms with Crippen molar-refractivity contribution in [1.82, 2.24) is 15.0 Å². The van der Waals surface area contributed by atoms with Gasteiger partial charge in [-0.05, 0) is 96.1 Å². The Bertz CT molecular complexity index is 2790. The first-order chi connectivity index (χ1) is 31.5. The van der Waals surface area contributed by atoms with Gasteiger partial charge in [0, 0.05) is 61.5 Å². The Kier molecular flexibility index (Phi) is 11.0. The summed E-state index contributed by atoms with van der Waals surface area (Å²) in [5.74, 6) is 0.431. The number of aryl methyl sites for hydroxylation is 3. The van der Waals surface area contributed by atoms with Crippen LogP contribution in [0.4, 0.5) is 28.4 Å². The number of hydrogen-bond acceptors (Lipinski definition) is 8. The molecule has 0 unspecified atom stereocenters. The van der Waals surface area contributed by atoms with E-state index in [1.165, 1.54) is 5.19 Å². The van der Waals surface area contributed by atoms with Crippen molar-refractivity contribution in [3.05, 3.63) is 149 Å². The molecule has 1 N–H and O–H groups in total. The molecular formula is C52H54N6O6Si. The van der Waals surface area contributed by atoms with Crippen molar-refractivity contribution in [2.45, 2.75) is 88.9 Å². The lowest BCUT2D eigenvalue weighted by atomic mass is 9.82. The maximum Gasteiger partial charge on any atom is 0.264 e. The predicted molar refractivity (Wildman–Crippen MR) is 253 cm³/mol. The zero-order valence-corrected chi connectivity index (χ0v) is 38.3. The third-order valence-electron chi connectivity index (χ3n) is 14.4. The van der Waals surface area contributed by atoms with Crippen molar-refractivity contribution in [3.8, 4) is 5.75 Å². The van der Waals surface area contributed by atoms with E-state index in [1.54, 1.807) is 21.6 Å². The van der Waals surface area contributed by atoms with Crippen LogP contribution in [-0.2, 0) is 57.1 Å². The SMILES string of the molecule is COc1ccc([Si](C)(C)[C@@H]2[C@@H](CCn3cc(CCO)nn3)O[C@]3(C(=O)N(Cc4ccc(N5C(=O)CCc6ccccc65)cc4)c4ccc(N5C(=O)CCc6ccccc65)cc43)[C@H]2C)cc1. The van der Waals surface area contributed by atoms with Crippen molar-refractivity contribution in [3.63, 3.8) is 0 Å². The minimum Gasteiger partial charge on any atom is -0.497 e. The average molecular weight is 887 g/mol. The van der Waals surface area contributed by atoms with Crippen LogP contribution in [0.3, 0.4) is 0 Å². The van der Waals surface area contributed by atoms with E-state index in [9.17, 15) is 14.7 Å². The Balaban J connectivity index is 1.07. The Morgan fingerprint density at radius 3 is 2.06 bits per heavy atom. The van der Waals surface area contributed by atoms with E-state index in [2.05, 4.69) is 54.6 Å². The molecule has 0 radical (unpaired) electrons. The van der Waals surface area contributed by atoms with E-state index in [-0.39, 0.29) is 48.4 Å². The first kappa shape index (κ1) is 42.5. The van der Waals surface area contributed by atoms with Gasteiger partial charge in [0.25, 0.3) is 5.91 Å². The lowest BCUT2D eigenvalue weighted by Crippen LogP contribution is -2.51. The summed E-state index contributed by atoms with van der Waals surface area (Å²) in [6.45, 7) is 7.69. The molecule has 3 amide bonds. The summed E-state index contributed by atoms with van der Waals surface area (Å²) >= 11 is 0. The number of ether oxygens (including phenoxy) is 2. The molecule has 332 valence electrons. The number of aliphatic hydroxyl groups excluding tert-OH is 1. The van der Waals surface area contributed by atoms with Crippen molar-refractivity contribution < 1.29 is 29.0 Å². The number of hydrogen-bond donors (Lipinski definition) is 1. The molecule has 1 spiro atoms. The van der Waals surface area contributed by atoms with E-state index >= 15 is 4.79 Å². The van der Waals surface area contributed by atoms with Gasteiger partial charge in [0.2, 0.25) is 11.8 Å². The first-order valence-corrected chi connectivity index (χ1v) is 25.8. The van der Waals surface area contributed by atoms with Crippen LogP contribution in [0, 0.1) is 5.92 Å². The van der Waals surface area contributed by atoms with E-state index in [1.807, 2.05) is 102 Å². The van der Waals surface area contributed by atoms with Crippen LogP contribution in [0.2, 0.25) is 18.6 Å². The molecule has 12 nitrogen and oxygen atoms in total. The number of carbonyl (C=O) groups is 3. The number of carbonyl (C=O) groups excluding carboxylic acids is 3. The number of benzene rings is 5. The molecule has 0 saturated carbocycles. The van der Waals surface area contributed by atoms with Crippen LogP contribution >= 0.6 is 0 Å². The molecule has 6 aromatic rings. The molecule has 1 saturated heterocycles. The highest BCUT2D eigenvalue weighted by Gasteiger charge is 2.66. The maximum atomic E-state index is 15.8. The Morgan fingerprint density at radius 1 is 0.785 bits per heavy atom. The normalized spacial score (nSPS) is 21.5. The lowest BCUT2D eigenvalue weighted by molar-refractivity contribution is -0.146. The van der Waals surface area contributed by atoms with E-state index in [0.29, 0.717) is 50.0 Å². The van der Waals surface area contributed by atoms with Crippen molar-refractivity contribution in [2.75, 3.05) is 28.4 Å². The quantitative estimate of drug-likeness (QED) is 0.123. The second kappa shape index (κ2) is 16.9. The van der Waals surface area contributed by atoms with Crippen molar-refractivity contribution in [2.24, 2.45) is 5.92 Å². The van der Waals surface area contributed by atoms with Crippen molar-refractivity contribution in [1.29, 1.82) is 0 Å². The molecule has 1 aromatic heterocycles. The Morgan fingerprint density at radius 2 is 1.42 bits per heavy atom. The lowest BCUT2D eigenvalue weighted by Gasteiger charge is -2.37. The van der Waals surface area contributed by atoms with Gasteiger partial charge in [-0.1, -0.05) is 91.1 Å². The average Bonchev–Trinajstić information content (AvgIpc) is 3.97. The molecule has 13 heteroatoms. The van der Waals surface area contributed by atoms with Gasteiger partial charge in [-0.25, -0.2) is 0 Å². The molecule has 65 heavy (non-hydrogen) atoms. The smallest absolute Gasteiger partial charge is 0.264 e. The summed E-state index contributed by atoms with van der Waals surface area (Å²) < 4.78 is 14.9. The number of amides is 3. The third-order valence-corrected chi connectivity index (χ3v) is 18.7. The first-order valence-electron chi connectivity index (χ1n) is 22.7. The number of aromatic nitrogens is 3. The fraction of sp³-hybridized carbons (Fsp3) is 0.327. The molecule has 5 aromatic carbocycles. The summed E-state index contributed by atoms with van der Waals surface area (Å²) in [6, 6.07) is 38.3.